The highest BCUT2D eigenvalue weighted by Gasteiger charge is 2.59. The molecule has 43 heavy (non-hydrogen) atoms. The van der Waals surface area contributed by atoms with Crippen LogP contribution in [0.15, 0.2) is 23.2 Å². The zero-order valence-corrected chi connectivity index (χ0v) is 27.4. The van der Waals surface area contributed by atoms with E-state index < -0.39 is 50.2 Å². The fourth-order valence-electron chi connectivity index (χ4n) is 9.98. The van der Waals surface area contributed by atoms with E-state index >= 15 is 0 Å². The van der Waals surface area contributed by atoms with Crippen LogP contribution in [0.4, 0.5) is 0 Å². The summed E-state index contributed by atoms with van der Waals surface area (Å²) in [5.41, 5.74) is 1.74. The molecule has 4 N–H and O–H groups in total. The maximum absolute atomic E-state index is 13.0. The summed E-state index contributed by atoms with van der Waals surface area (Å²) in [5.74, 6) is 1.44. The molecule has 5 aliphatic rings. The molecule has 1 aliphatic heterocycles. The maximum Gasteiger partial charge on any atom is 0.527 e. The van der Waals surface area contributed by atoms with Gasteiger partial charge in [0, 0.05) is 0 Å². The first-order valence-corrected chi connectivity index (χ1v) is 18.0. The molecule has 1 heterocycles. The van der Waals surface area contributed by atoms with Gasteiger partial charge in [-0.25, -0.2) is 9.36 Å². The molecule has 0 radical (unpaired) electrons. The minimum Gasteiger partial charge on any atom is -0.499 e. The number of aliphatic hydroxyl groups is 3. The molecule has 0 aromatic carbocycles. The van der Waals surface area contributed by atoms with Crippen molar-refractivity contribution in [3.8, 4) is 0 Å². The number of fused-ring (bicyclic) bond motifs is 5. The lowest BCUT2D eigenvalue weighted by Gasteiger charge is -2.58. The minimum atomic E-state index is -4.78. The van der Waals surface area contributed by atoms with E-state index in [1.165, 1.54) is 50.5 Å². The van der Waals surface area contributed by atoms with E-state index in [1.54, 1.807) is 0 Å². The number of carbonyl (C=O) groups is 1. The molecule has 4 unspecified atom stereocenters. The lowest BCUT2D eigenvalue weighted by Crippen LogP contribution is -2.51. The van der Waals surface area contributed by atoms with E-state index in [0.29, 0.717) is 30.1 Å². The van der Waals surface area contributed by atoms with Crippen LogP contribution in [0.3, 0.4) is 0 Å². The highest BCUT2D eigenvalue weighted by Crippen LogP contribution is 2.68. The molecule has 0 amide bonds. The molecule has 0 saturated heterocycles. The molecule has 10 heteroatoms. The SMILES string of the molecule is CC(C)CCCC(C)[C@H]1CC[C@@H]2C3CC=C4C[C@@H](OP(=O)(O)OC5=C(O)C(=O)O[C@H]5C(O)CO)CC[C@]4(C)[C@@H]3CC[C@]12C. The lowest BCUT2D eigenvalue weighted by molar-refractivity contribution is -0.147. The van der Waals surface area contributed by atoms with Crippen molar-refractivity contribution >= 4 is 13.8 Å². The Labute approximate surface area is 256 Å². The Bertz CT molecular complexity index is 1170. The van der Waals surface area contributed by atoms with Crippen LogP contribution < -0.4 is 0 Å². The van der Waals surface area contributed by atoms with Crippen molar-refractivity contribution in [2.75, 3.05) is 6.61 Å². The van der Waals surface area contributed by atoms with Crippen molar-refractivity contribution < 1.29 is 43.4 Å². The van der Waals surface area contributed by atoms with Gasteiger partial charge in [0.2, 0.25) is 11.5 Å². The van der Waals surface area contributed by atoms with Gasteiger partial charge >= 0.3 is 13.8 Å². The molecule has 0 aromatic rings. The highest BCUT2D eigenvalue weighted by molar-refractivity contribution is 7.47. The number of ether oxygens (including phenoxy) is 1. The Hall–Kier alpha value is -1.38. The van der Waals surface area contributed by atoms with Crippen molar-refractivity contribution in [3.63, 3.8) is 0 Å². The summed E-state index contributed by atoms with van der Waals surface area (Å²) in [7, 11) is -4.78. The van der Waals surface area contributed by atoms with Crippen LogP contribution in [0.25, 0.3) is 0 Å². The van der Waals surface area contributed by atoms with E-state index in [1.807, 2.05) is 0 Å². The molecule has 11 atom stereocenters. The number of allylic oxidation sites excluding steroid dienone is 1. The van der Waals surface area contributed by atoms with E-state index in [2.05, 4.69) is 40.7 Å². The van der Waals surface area contributed by atoms with Gasteiger partial charge in [0.05, 0.1) is 12.7 Å². The first-order valence-electron chi connectivity index (χ1n) is 16.5. The average Bonchev–Trinajstić information content (AvgIpc) is 3.43. The van der Waals surface area contributed by atoms with Gasteiger partial charge in [-0.1, -0.05) is 65.5 Å². The molecular formula is C33H53O9P. The second kappa shape index (κ2) is 12.4. The summed E-state index contributed by atoms with van der Waals surface area (Å²) in [5, 5.41) is 29.2. The Balaban J connectivity index is 1.24. The Morgan fingerprint density at radius 2 is 1.84 bits per heavy atom. The van der Waals surface area contributed by atoms with Crippen LogP contribution in [-0.2, 0) is 23.1 Å². The zero-order valence-electron chi connectivity index (χ0n) is 26.5. The van der Waals surface area contributed by atoms with E-state index in [4.69, 9.17) is 13.8 Å². The second-order valence-electron chi connectivity index (χ2n) is 15.1. The molecule has 9 nitrogen and oxygen atoms in total. The Morgan fingerprint density at radius 3 is 2.53 bits per heavy atom. The molecule has 5 rings (SSSR count). The van der Waals surface area contributed by atoms with Crippen LogP contribution >= 0.6 is 7.82 Å². The van der Waals surface area contributed by atoms with Crippen LogP contribution in [0.5, 0.6) is 0 Å². The van der Waals surface area contributed by atoms with Gasteiger partial charge in [-0.15, -0.1) is 0 Å². The zero-order chi connectivity index (χ0) is 31.3. The quantitative estimate of drug-likeness (QED) is 0.114. The highest BCUT2D eigenvalue weighted by atomic mass is 31.2. The van der Waals surface area contributed by atoms with Gasteiger partial charge in [0.25, 0.3) is 0 Å². The van der Waals surface area contributed by atoms with Crippen molar-refractivity contribution in [3.05, 3.63) is 23.2 Å². The van der Waals surface area contributed by atoms with Gasteiger partial charge in [-0.05, 0) is 97.7 Å². The van der Waals surface area contributed by atoms with E-state index in [-0.39, 0.29) is 5.41 Å². The summed E-state index contributed by atoms with van der Waals surface area (Å²) in [6.07, 6.45) is 10.8. The average molecular weight is 625 g/mol. The fourth-order valence-corrected chi connectivity index (χ4v) is 11.0. The van der Waals surface area contributed by atoms with Gasteiger partial charge < -0.3 is 24.6 Å². The largest absolute Gasteiger partial charge is 0.527 e. The van der Waals surface area contributed by atoms with Crippen LogP contribution in [-0.4, -0.2) is 51.1 Å². The van der Waals surface area contributed by atoms with E-state index in [0.717, 1.165) is 36.5 Å². The summed E-state index contributed by atoms with van der Waals surface area (Å²) in [4.78, 5) is 22.3. The third-order valence-corrected chi connectivity index (χ3v) is 13.2. The Kier molecular flexibility index (Phi) is 9.54. The standard InChI is InChI=1S/C33H53O9P/c1-19(2)7-6-8-20(3)24-11-12-25-23-10-9-21-17-22(13-15-32(21,4)26(23)14-16-33(24,25)5)41-43(38,39)42-30-28(36)31(37)40-29(30)27(35)18-34/h9,19-20,22-27,29,34-36H,6-8,10-18H2,1-5H3,(H,38,39)/t20?,22-,23?,24+,25+,26+,27?,29-,32-,33+/m0/s1. The molecule has 0 bridgehead atoms. The fraction of sp³-hybridized carbons (Fsp3) is 0.848. The summed E-state index contributed by atoms with van der Waals surface area (Å²) in [6.45, 7) is 11.3. The number of aliphatic hydroxyl groups excluding tert-OH is 3. The number of carbonyl (C=O) groups excluding carboxylic acids is 1. The number of phosphoric ester groups is 1. The van der Waals surface area contributed by atoms with Crippen LogP contribution in [0.2, 0.25) is 0 Å². The minimum absolute atomic E-state index is 0.0359. The molecule has 3 saturated carbocycles. The van der Waals surface area contributed by atoms with E-state index in [9.17, 15) is 29.6 Å². The summed E-state index contributed by atoms with van der Waals surface area (Å²) < 4.78 is 28.4. The first kappa shape index (κ1) is 33.0. The maximum atomic E-state index is 13.0. The molecule has 244 valence electrons. The molecule has 3 fully saturated rings. The number of hydrogen-bond acceptors (Lipinski definition) is 8. The van der Waals surface area contributed by atoms with Gasteiger partial charge in [0.1, 0.15) is 6.10 Å². The van der Waals surface area contributed by atoms with Crippen LogP contribution in [0, 0.1) is 46.3 Å². The molecule has 0 spiro atoms. The van der Waals surface area contributed by atoms with Crippen molar-refractivity contribution in [1.82, 2.24) is 0 Å². The smallest absolute Gasteiger partial charge is 0.499 e. The number of cyclic esters (lactones) is 1. The van der Waals surface area contributed by atoms with Crippen molar-refractivity contribution in [1.29, 1.82) is 0 Å². The third-order valence-electron chi connectivity index (χ3n) is 12.2. The van der Waals surface area contributed by atoms with Crippen LogP contribution in [0.1, 0.15) is 105 Å². The number of rotatable bonds is 11. The molecule has 0 aromatic heterocycles. The van der Waals surface area contributed by atoms with Crippen molar-refractivity contribution in [2.24, 2.45) is 46.3 Å². The molecule has 4 aliphatic carbocycles. The second-order valence-corrected chi connectivity index (χ2v) is 16.4. The number of esters is 1. The predicted molar refractivity (Wildman–Crippen MR) is 161 cm³/mol. The number of hydrogen-bond donors (Lipinski definition) is 4. The van der Waals surface area contributed by atoms with Gasteiger partial charge in [-0.2, -0.15) is 0 Å². The monoisotopic (exact) mass is 624 g/mol. The first-order chi connectivity index (χ1) is 20.2. The summed E-state index contributed by atoms with van der Waals surface area (Å²) >= 11 is 0. The normalized spacial score (nSPS) is 40.2. The predicted octanol–water partition coefficient (Wildman–Crippen LogP) is 6.58. The third kappa shape index (κ3) is 6.23. The van der Waals surface area contributed by atoms with Gasteiger partial charge in [0.15, 0.2) is 6.10 Å². The number of phosphoric acid groups is 1. The lowest BCUT2D eigenvalue weighted by atomic mass is 9.47. The Morgan fingerprint density at radius 1 is 1.09 bits per heavy atom. The summed E-state index contributed by atoms with van der Waals surface area (Å²) in [6, 6.07) is 0. The van der Waals surface area contributed by atoms with Gasteiger partial charge in [-0.3, -0.25) is 9.42 Å². The van der Waals surface area contributed by atoms with Crippen molar-refractivity contribution in [2.45, 2.75) is 124 Å². The topological polar surface area (TPSA) is 143 Å². The molecular weight excluding hydrogens is 571 g/mol.